The van der Waals surface area contributed by atoms with Crippen LogP contribution in [0, 0.1) is 5.92 Å². The van der Waals surface area contributed by atoms with Gasteiger partial charge in [-0.25, -0.2) is 0 Å². The van der Waals surface area contributed by atoms with E-state index in [1.165, 1.54) is 25.7 Å². The summed E-state index contributed by atoms with van der Waals surface area (Å²) >= 11 is 0. The van der Waals surface area contributed by atoms with E-state index in [9.17, 15) is 4.79 Å². The number of ketones is 1. The molecule has 2 aliphatic rings. The average Bonchev–Trinajstić information content (AvgIpc) is 2.73. The number of hydrogen-bond acceptors (Lipinski definition) is 3. The highest BCUT2D eigenvalue weighted by atomic mass is 16.5. The highest BCUT2D eigenvalue weighted by molar-refractivity contribution is 5.83. The molecule has 2 saturated heterocycles. The minimum atomic E-state index is 0.176. The van der Waals surface area contributed by atoms with Gasteiger partial charge in [0.05, 0.1) is 13.2 Å². The smallest absolute Gasteiger partial charge is 0.152 e. The molecular formula is C13H23NO2. The summed E-state index contributed by atoms with van der Waals surface area (Å²) in [6, 6.07) is 0.578. The Balaban J connectivity index is 1.84. The van der Waals surface area contributed by atoms with Crippen molar-refractivity contribution in [3.8, 4) is 0 Å². The Morgan fingerprint density at radius 1 is 1.31 bits per heavy atom. The largest absolute Gasteiger partial charge is 0.381 e. The van der Waals surface area contributed by atoms with Gasteiger partial charge in [0.2, 0.25) is 0 Å². The van der Waals surface area contributed by atoms with Crippen LogP contribution >= 0.6 is 0 Å². The van der Waals surface area contributed by atoms with Crippen LogP contribution in [0.3, 0.4) is 0 Å². The molecule has 2 atom stereocenters. The summed E-state index contributed by atoms with van der Waals surface area (Å²) in [5, 5.41) is 0. The van der Waals surface area contributed by atoms with E-state index in [-0.39, 0.29) is 5.92 Å². The predicted molar refractivity (Wildman–Crippen MR) is 63.4 cm³/mol. The first-order chi connectivity index (χ1) is 7.77. The van der Waals surface area contributed by atoms with Gasteiger partial charge in [-0.2, -0.15) is 0 Å². The lowest BCUT2D eigenvalue weighted by Gasteiger charge is -2.26. The number of Topliss-reactive ketones (excluding diaryl/α,β-unsaturated/α-hetero) is 1. The molecule has 0 aromatic rings. The molecule has 0 radical (unpaired) electrons. The Labute approximate surface area is 98.1 Å². The zero-order chi connectivity index (χ0) is 11.4. The third kappa shape index (κ3) is 3.05. The van der Waals surface area contributed by atoms with Crippen molar-refractivity contribution in [3.63, 3.8) is 0 Å². The van der Waals surface area contributed by atoms with Crippen LogP contribution in [0.5, 0.6) is 0 Å². The maximum absolute atomic E-state index is 12.0. The number of carbonyl (C=O) groups is 1. The zero-order valence-electron chi connectivity index (χ0n) is 10.3. The molecule has 0 aromatic carbocycles. The molecule has 0 amide bonds. The minimum absolute atomic E-state index is 0.176. The van der Waals surface area contributed by atoms with Crippen LogP contribution in [-0.2, 0) is 9.53 Å². The molecule has 0 N–H and O–H groups in total. The van der Waals surface area contributed by atoms with E-state index in [0.29, 0.717) is 25.0 Å². The summed E-state index contributed by atoms with van der Waals surface area (Å²) in [5.41, 5.74) is 0. The Kier molecular flexibility index (Phi) is 4.36. The van der Waals surface area contributed by atoms with Gasteiger partial charge >= 0.3 is 0 Å². The first-order valence-electron chi connectivity index (χ1n) is 6.62. The quantitative estimate of drug-likeness (QED) is 0.734. The molecule has 16 heavy (non-hydrogen) atoms. The second-order valence-electron chi connectivity index (χ2n) is 5.20. The number of carbonyl (C=O) groups excluding carboxylic acids is 1. The van der Waals surface area contributed by atoms with Crippen molar-refractivity contribution in [1.82, 2.24) is 4.90 Å². The fourth-order valence-corrected chi connectivity index (χ4v) is 2.69. The van der Waals surface area contributed by atoms with Gasteiger partial charge in [0.25, 0.3) is 0 Å². The molecule has 0 bridgehead atoms. The van der Waals surface area contributed by atoms with Crippen LogP contribution in [0.25, 0.3) is 0 Å². The van der Waals surface area contributed by atoms with Gasteiger partial charge in [-0.15, -0.1) is 0 Å². The van der Waals surface area contributed by atoms with Crippen molar-refractivity contribution >= 4 is 5.78 Å². The molecule has 0 spiro atoms. The van der Waals surface area contributed by atoms with Crippen molar-refractivity contribution < 1.29 is 9.53 Å². The second kappa shape index (κ2) is 5.78. The minimum Gasteiger partial charge on any atom is -0.381 e. The van der Waals surface area contributed by atoms with Gasteiger partial charge in [0, 0.05) is 18.6 Å². The summed E-state index contributed by atoms with van der Waals surface area (Å²) < 4.78 is 5.28. The first-order valence-corrected chi connectivity index (χ1v) is 6.62. The maximum atomic E-state index is 12.0. The van der Waals surface area contributed by atoms with E-state index in [1.54, 1.807) is 0 Å². The normalized spacial score (nSPS) is 32.6. The fourth-order valence-electron chi connectivity index (χ4n) is 2.69. The molecule has 0 aromatic heterocycles. The number of hydrogen-bond donors (Lipinski definition) is 0. The van der Waals surface area contributed by atoms with Gasteiger partial charge < -0.3 is 4.74 Å². The van der Waals surface area contributed by atoms with Gasteiger partial charge in [0.1, 0.15) is 0 Å². The average molecular weight is 225 g/mol. The molecule has 0 aliphatic carbocycles. The third-order valence-electron chi connectivity index (χ3n) is 3.93. The van der Waals surface area contributed by atoms with E-state index < -0.39 is 0 Å². The van der Waals surface area contributed by atoms with E-state index >= 15 is 0 Å². The predicted octanol–water partition coefficient (Wildman–Crippen LogP) is 1.86. The van der Waals surface area contributed by atoms with E-state index in [4.69, 9.17) is 4.74 Å². The molecule has 2 unspecified atom stereocenters. The Hall–Kier alpha value is -0.410. The molecule has 92 valence electrons. The summed E-state index contributed by atoms with van der Waals surface area (Å²) in [6.07, 6.45) is 6.06. The highest BCUT2D eigenvalue weighted by Crippen LogP contribution is 2.19. The third-order valence-corrected chi connectivity index (χ3v) is 3.93. The molecule has 2 fully saturated rings. The van der Waals surface area contributed by atoms with Crippen LogP contribution in [0.2, 0.25) is 0 Å². The van der Waals surface area contributed by atoms with Crippen molar-refractivity contribution in [2.24, 2.45) is 5.92 Å². The SMILES string of the molecule is CC1CCCCCN1CC(=O)C1CCOC1. The lowest BCUT2D eigenvalue weighted by Crippen LogP contribution is -2.39. The van der Waals surface area contributed by atoms with Crippen molar-refractivity contribution in [2.75, 3.05) is 26.3 Å². The summed E-state index contributed by atoms with van der Waals surface area (Å²) in [4.78, 5) is 14.4. The van der Waals surface area contributed by atoms with Crippen molar-refractivity contribution in [3.05, 3.63) is 0 Å². The number of ether oxygens (including phenoxy) is 1. The van der Waals surface area contributed by atoms with Gasteiger partial charge in [0.15, 0.2) is 5.78 Å². The van der Waals surface area contributed by atoms with Gasteiger partial charge in [-0.1, -0.05) is 12.8 Å². The molecule has 3 nitrogen and oxygen atoms in total. The molecule has 2 heterocycles. The Bertz CT molecular complexity index is 236. The van der Waals surface area contributed by atoms with Crippen molar-refractivity contribution in [2.45, 2.75) is 45.1 Å². The standard InChI is InChI=1S/C13H23NO2/c1-11-5-3-2-4-7-14(11)9-13(15)12-6-8-16-10-12/h11-12H,2-10H2,1H3. The summed E-state index contributed by atoms with van der Waals surface area (Å²) in [5.74, 6) is 0.571. The van der Waals surface area contributed by atoms with Crippen LogP contribution in [0.1, 0.15) is 39.0 Å². The van der Waals surface area contributed by atoms with Gasteiger partial charge in [-0.3, -0.25) is 9.69 Å². The highest BCUT2D eigenvalue weighted by Gasteiger charge is 2.26. The van der Waals surface area contributed by atoms with E-state index in [1.807, 2.05) is 0 Å². The second-order valence-corrected chi connectivity index (χ2v) is 5.20. The number of likely N-dealkylation sites (tertiary alicyclic amines) is 1. The van der Waals surface area contributed by atoms with E-state index in [2.05, 4.69) is 11.8 Å². The summed E-state index contributed by atoms with van der Waals surface area (Å²) in [6.45, 7) is 5.42. The van der Waals surface area contributed by atoms with Crippen LogP contribution in [0.4, 0.5) is 0 Å². The van der Waals surface area contributed by atoms with Crippen LogP contribution < -0.4 is 0 Å². The molecular weight excluding hydrogens is 202 g/mol. The lowest BCUT2D eigenvalue weighted by molar-refractivity contribution is -0.124. The maximum Gasteiger partial charge on any atom is 0.152 e. The van der Waals surface area contributed by atoms with E-state index in [0.717, 1.165) is 19.6 Å². The first kappa shape index (κ1) is 12.1. The number of rotatable bonds is 3. The van der Waals surface area contributed by atoms with Gasteiger partial charge in [-0.05, 0) is 32.7 Å². The fraction of sp³-hybridized carbons (Fsp3) is 0.923. The summed E-state index contributed by atoms with van der Waals surface area (Å²) in [7, 11) is 0. The lowest BCUT2D eigenvalue weighted by atomic mass is 10.0. The topological polar surface area (TPSA) is 29.5 Å². The zero-order valence-corrected chi connectivity index (χ0v) is 10.3. The monoisotopic (exact) mass is 225 g/mol. The Morgan fingerprint density at radius 3 is 2.94 bits per heavy atom. The Morgan fingerprint density at radius 2 is 2.19 bits per heavy atom. The molecule has 0 saturated carbocycles. The van der Waals surface area contributed by atoms with Crippen molar-refractivity contribution in [1.29, 1.82) is 0 Å². The number of nitrogens with zero attached hydrogens (tertiary/aromatic N) is 1. The van der Waals surface area contributed by atoms with Crippen LogP contribution in [-0.4, -0.2) is 43.0 Å². The molecule has 2 aliphatic heterocycles. The van der Waals surface area contributed by atoms with Crippen LogP contribution in [0.15, 0.2) is 0 Å². The molecule has 3 heteroatoms. The molecule has 2 rings (SSSR count).